The van der Waals surface area contributed by atoms with E-state index in [1.165, 1.54) is 4.90 Å². The number of nitrogens with one attached hydrogen (secondary N) is 1. The Hall–Kier alpha value is -2.12. The third-order valence-electron chi connectivity index (χ3n) is 6.10. The number of nitrogens with zero attached hydrogens (tertiary/aromatic N) is 3. The first-order valence-corrected chi connectivity index (χ1v) is 9.88. The maximum Gasteiger partial charge on any atom is 0.331 e. The van der Waals surface area contributed by atoms with Crippen molar-refractivity contribution in [3.8, 4) is 0 Å². The summed E-state index contributed by atoms with van der Waals surface area (Å²) in [6.45, 7) is 7.43. The zero-order valence-electron chi connectivity index (χ0n) is 16.6. The van der Waals surface area contributed by atoms with Gasteiger partial charge in [-0.25, -0.2) is 4.79 Å². The monoisotopic (exact) mass is 404 g/mol. The molecule has 0 aromatic heterocycles. The molecule has 3 aliphatic heterocycles. The summed E-state index contributed by atoms with van der Waals surface area (Å²) in [6, 6.07) is 4.63. The molecule has 8 heteroatoms. The highest BCUT2D eigenvalue weighted by Crippen LogP contribution is 2.48. The fraction of sp³-hybridized carbons (Fsp3) is 0.550. The predicted octanol–water partition coefficient (Wildman–Crippen LogP) is 1.88. The Morgan fingerprint density at radius 1 is 1.18 bits per heavy atom. The Kier molecular flexibility index (Phi) is 4.25. The second-order valence-electron chi connectivity index (χ2n) is 8.93. The number of fused-ring (bicyclic) bond motifs is 4. The first kappa shape index (κ1) is 19.2. The van der Waals surface area contributed by atoms with E-state index in [4.69, 9.17) is 11.6 Å². The van der Waals surface area contributed by atoms with Crippen molar-refractivity contribution in [3.05, 3.63) is 28.8 Å². The van der Waals surface area contributed by atoms with Crippen LogP contribution >= 0.6 is 11.6 Å². The molecule has 1 aromatic carbocycles. The summed E-state index contributed by atoms with van der Waals surface area (Å²) in [6.07, 6.45) is 0.182. The first-order valence-electron chi connectivity index (χ1n) is 9.50. The van der Waals surface area contributed by atoms with Crippen LogP contribution in [0.15, 0.2) is 18.2 Å². The Labute approximate surface area is 169 Å². The number of piperazine rings is 1. The van der Waals surface area contributed by atoms with Gasteiger partial charge in [0, 0.05) is 42.3 Å². The van der Waals surface area contributed by atoms with Gasteiger partial charge in [0.15, 0.2) is 5.41 Å². The van der Waals surface area contributed by atoms with Gasteiger partial charge < -0.3 is 9.80 Å². The standard InChI is InChI=1S/C20H25ClN4O3/c1-19(2,3)25-17(27)20(16(26)22-18(25)28)10-12-13(21)6-5-7-14(12)24-9-8-23(4)11-15(20)24/h5-7,15H,8-11H2,1-4H3,(H,22,26,28)/t15-,20+/m0/s1. The number of likely N-dealkylation sites (N-methyl/N-ethyl adjacent to an activating group) is 1. The van der Waals surface area contributed by atoms with Crippen molar-refractivity contribution in [2.75, 3.05) is 31.6 Å². The topological polar surface area (TPSA) is 73.0 Å². The number of benzene rings is 1. The minimum Gasteiger partial charge on any atom is -0.364 e. The van der Waals surface area contributed by atoms with Crippen molar-refractivity contribution >= 4 is 35.1 Å². The van der Waals surface area contributed by atoms with E-state index in [1.54, 1.807) is 26.8 Å². The fourth-order valence-electron chi connectivity index (χ4n) is 4.73. The number of rotatable bonds is 0. The smallest absolute Gasteiger partial charge is 0.331 e. The maximum absolute atomic E-state index is 13.8. The van der Waals surface area contributed by atoms with Crippen molar-refractivity contribution in [1.29, 1.82) is 0 Å². The van der Waals surface area contributed by atoms with E-state index in [2.05, 4.69) is 15.1 Å². The van der Waals surface area contributed by atoms with Gasteiger partial charge in [-0.05, 0) is 45.5 Å². The van der Waals surface area contributed by atoms with Gasteiger partial charge in [-0.1, -0.05) is 17.7 Å². The lowest BCUT2D eigenvalue weighted by atomic mass is 9.67. The van der Waals surface area contributed by atoms with Crippen molar-refractivity contribution in [2.45, 2.75) is 38.8 Å². The van der Waals surface area contributed by atoms with E-state index in [-0.39, 0.29) is 12.5 Å². The molecule has 2 atom stereocenters. The van der Waals surface area contributed by atoms with E-state index in [0.717, 1.165) is 17.8 Å². The SMILES string of the molecule is CN1CCN2c3cccc(Cl)c3C[C@]3(C(=O)NC(=O)N(C(C)(C)C)C3=O)[C@@H]2C1. The van der Waals surface area contributed by atoms with Gasteiger partial charge in [-0.3, -0.25) is 19.8 Å². The minimum atomic E-state index is -1.39. The molecule has 2 saturated heterocycles. The lowest BCUT2D eigenvalue weighted by molar-refractivity contribution is -0.157. The van der Waals surface area contributed by atoms with Gasteiger partial charge in [-0.15, -0.1) is 0 Å². The summed E-state index contributed by atoms with van der Waals surface area (Å²) in [5.74, 6) is -0.969. The molecule has 0 saturated carbocycles. The van der Waals surface area contributed by atoms with E-state index in [9.17, 15) is 14.4 Å². The Balaban J connectivity index is 1.93. The number of anilines is 1. The number of imide groups is 2. The zero-order valence-corrected chi connectivity index (χ0v) is 17.3. The number of carbonyl (C=O) groups is 3. The van der Waals surface area contributed by atoms with Gasteiger partial charge in [0.2, 0.25) is 11.8 Å². The number of hydrogen-bond donors (Lipinski definition) is 1. The van der Waals surface area contributed by atoms with Crippen LogP contribution in [0.1, 0.15) is 26.3 Å². The number of urea groups is 1. The lowest BCUT2D eigenvalue weighted by Gasteiger charge is -2.56. The van der Waals surface area contributed by atoms with Crippen LogP contribution in [0.25, 0.3) is 0 Å². The number of barbiturate groups is 1. The van der Waals surface area contributed by atoms with Crippen LogP contribution in [0.2, 0.25) is 5.02 Å². The van der Waals surface area contributed by atoms with Gasteiger partial charge in [0.05, 0.1) is 6.04 Å². The van der Waals surface area contributed by atoms with E-state index >= 15 is 0 Å². The molecule has 28 heavy (non-hydrogen) atoms. The highest BCUT2D eigenvalue weighted by atomic mass is 35.5. The van der Waals surface area contributed by atoms with Gasteiger partial charge in [0.1, 0.15) is 0 Å². The van der Waals surface area contributed by atoms with Crippen molar-refractivity contribution in [2.24, 2.45) is 5.41 Å². The molecule has 3 heterocycles. The molecule has 7 nitrogen and oxygen atoms in total. The molecule has 0 bridgehead atoms. The normalized spacial score (nSPS) is 28.3. The third-order valence-corrected chi connectivity index (χ3v) is 6.45. The second-order valence-corrected chi connectivity index (χ2v) is 9.33. The van der Waals surface area contributed by atoms with E-state index < -0.39 is 28.8 Å². The molecular formula is C20H25ClN4O3. The summed E-state index contributed by atoms with van der Waals surface area (Å²) in [4.78, 5) is 45.1. The molecule has 0 radical (unpaired) electrons. The second kappa shape index (κ2) is 6.19. The maximum atomic E-state index is 13.8. The number of carbonyl (C=O) groups excluding carboxylic acids is 3. The predicted molar refractivity (Wildman–Crippen MR) is 106 cm³/mol. The number of hydrogen-bond acceptors (Lipinski definition) is 5. The van der Waals surface area contributed by atoms with Crippen molar-refractivity contribution in [3.63, 3.8) is 0 Å². The molecular weight excluding hydrogens is 380 g/mol. The Morgan fingerprint density at radius 3 is 2.57 bits per heavy atom. The average molecular weight is 405 g/mol. The molecule has 1 aromatic rings. The lowest BCUT2D eigenvalue weighted by Crippen LogP contribution is -2.76. The van der Waals surface area contributed by atoms with Crippen LogP contribution in [-0.4, -0.2) is 65.9 Å². The van der Waals surface area contributed by atoms with Crippen LogP contribution in [0.3, 0.4) is 0 Å². The molecule has 4 rings (SSSR count). The van der Waals surface area contributed by atoms with Gasteiger partial charge in [-0.2, -0.15) is 0 Å². The summed E-state index contributed by atoms with van der Waals surface area (Å²) in [5.41, 5.74) is -0.387. The minimum absolute atomic E-state index is 0.182. The van der Waals surface area contributed by atoms with Gasteiger partial charge >= 0.3 is 6.03 Å². The largest absolute Gasteiger partial charge is 0.364 e. The molecule has 0 aliphatic carbocycles. The highest BCUT2D eigenvalue weighted by Gasteiger charge is 2.64. The Bertz CT molecular complexity index is 881. The van der Waals surface area contributed by atoms with Crippen LogP contribution < -0.4 is 10.2 Å². The van der Waals surface area contributed by atoms with Crippen LogP contribution in [0.4, 0.5) is 10.5 Å². The molecule has 1 N–H and O–H groups in total. The third kappa shape index (κ3) is 2.56. The summed E-state index contributed by atoms with van der Waals surface area (Å²) >= 11 is 6.49. The molecule has 2 fully saturated rings. The van der Waals surface area contributed by atoms with Crippen LogP contribution in [0, 0.1) is 5.41 Å². The molecule has 3 aliphatic rings. The van der Waals surface area contributed by atoms with Crippen molar-refractivity contribution in [1.82, 2.24) is 15.1 Å². The molecule has 150 valence electrons. The van der Waals surface area contributed by atoms with Crippen LogP contribution in [-0.2, 0) is 16.0 Å². The first-order chi connectivity index (χ1) is 13.1. The van der Waals surface area contributed by atoms with E-state index in [1.807, 2.05) is 19.2 Å². The molecule has 0 unspecified atom stereocenters. The summed E-state index contributed by atoms with van der Waals surface area (Å²) < 4.78 is 0. The highest BCUT2D eigenvalue weighted by molar-refractivity contribution is 6.32. The van der Waals surface area contributed by atoms with Crippen LogP contribution in [0.5, 0.6) is 0 Å². The average Bonchev–Trinajstić information content (AvgIpc) is 2.59. The molecule has 4 amide bonds. The quantitative estimate of drug-likeness (QED) is 0.668. The van der Waals surface area contributed by atoms with Crippen molar-refractivity contribution < 1.29 is 14.4 Å². The number of halogens is 1. The summed E-state index contributed by atoms with van der Waals surface area (Å²) in [5, 5.41) is 3.00. The number of amides is 4. The van der Waals surface area contributed by atoms with E-state index in [0.29, 0.717) is 18.1 Å². The van der Waals surface area contributed by atoms with Gasteiger partial charge in [0.25, 0.3) is 0 Å². The molecule has 1 spiro atoms. The zero-order chi connectivity index (χ0) is 20.4. The summed E-state index contributed by atoms with van der Waals surface area (Å²) in [7, 11) is 1.98. The fourth-order valence-corrected chi connectivity index (χ4v) is 4.97. The Morgan fingerprint density at radius 2 is 1.89 bits per heavy atom.